The molecule has 0 amide bonds. The van der Waals surface area contributed by atoms with E-state index in [0.717, 1.165) is 38.1 Å². The van der Waals surface area contributed by atoms with Gasteiger partial charge in [0.1, 0.15) is 22.8 Å². The number of rotatable bonds is 5. The first-order chi connectivity index (χ1) is 16.5. The van der Waals surface area contributed by atoms with E-state index >= 15 is 0 Å². The molecule has 1 aliphatic heterocycles. The largest absolute Gasteiger partial charge is 0.368 e. The fraction of sp³-hybridized carbons (Fsp3) is 0.280. The maximum Gasteiger partial charge on any atom is 0.229 e. The molecule has 174 valence electrons. The number of aromatic nitrogens is 4. The van der Waals surface area contributed by atoms with E-state index in [2.05, 4.69) is 48.9 Å². The highest BCUT2D eigenvalue weighted by atomic mass is 19.1. The van der Waals surface area contributed by atoms with Crippen molar-refractivity contribution in [2.24, 2.45) is 0 Å². The van der Waals surface area contributed by atoms with Crippen molar-refractivity contribution in [1.29, 1.82) is 0 Å². The minimum Gasteiger partial charge on any atom is -0.368 e. The smallest absolute Gasteiger partial charge is 0.229 e. The third-order valence-electron chi connectivity index (χ3n) is 6.07. The van der Waals surface area contributed by atoms with Gasteiger partial charge in [0, 0.05) is 49.4 Å². The third kappa shape index (κ3) is 4.51. The Hall–Kier alpha value is -3.72. The average Bonchev–Trinajstić information content (AvgIpc) is 2.86. The number of hydrogen-bond donors (Lipinski definition) is 1. The van der Waals surface area contributed by atoms with Gasteiger partial charge in [0.2, 0.25) is 5.95 Å². The molecule has 1 N–H and O–H groups in total. The standard InChI is InChI=1S/C25H25F2N7/c1-16(2)33-8-10-34(11-9-33)19-5-6-22(29-14-19)31-25-30-15-21(27)24(32-25)18-12-17-4-3-7-28-23(17)20(26)13-18/h3-7,12-16H,8-11H2,1-2H3,(H,29,30,31,32). The van der Waals surface area contributed by atoms with Gasteiger partial charge in [-0.1, -0.05) is 6.07 Å². The SMILES string of the molecule is CC(C)N1CCN(c2ccc(Nc3ncc(F)c(-c4cc(F)c5ncccc5c4)n3)nc2)CC1. The van der Waals surface area contributed by atoms with E-state index < -0.39 is 11.6 Å². The topological polar surface area (TPSA) is 70.1 Å². The van der Waals surface area contributed by atoms with E-state index in [0.29, 0.717) is 22.8 Å². The number of fused-ring (bicyclic) bond motifs is 1. The highest BCUT2D eigenvalue weighted by Gasteiger charge is 2.19. The van der Waals surface area contributed by atoms with Gasteiger partial charge < -0.3 is 10.2 Å². The van der Waals surface area contributed by atoms with Crippen molar-refractivity contribution in [2.75, 3.05) is 36.4 Å². The number of halogens is 2. The summed E-state index contributed by atoms with van der Waals surface area (Å²) in [7, 11) is 0. The molecule has 0 atom stereocenters. The zero-order valence-electron chi connectivity index (χ0n) is 19.0. The van der Waals surface area contributed by atoms with Crippen LogP contribution in [0.3, 0.4) is 0 Å². The van der Waals surface area contributed by atoms with Gasteiger partial charge in [-0.05, 0) is 44.2 Å². The van der Waals surface area contributed by atoms with E-state index in [4.69, 9.17) is 0 Å². The van der Waals surface area contributed by atoms with E-state index in [9.17, 15) is 8.78 Å². The van der Waals surface area contributed by atoms with E-state index in [-0.39, 0.29) is 17.2 Å². The Kier molecular flexibility index (Phi) is 6.02. The molecule has 0 aliphatic carbocycles. The van der Waals surface area contributed by atoms with Gasteiger partial charge in [0.05, 0.1) is 18.1 Å². The summed E-state index contributed by atoms with van der Waals surface area (Å²) in [5.41, 5.74) is 1.59. The van der Waals surface area contributed by atoms with Crippen LogP contribution in [0.15, 0.2) is 55.0 Å². The second-order valence-electron chi connectivity index (χ2n) is 8.57. The van der Waals surface area contributed by atoms with Crippen LogP contribution in [0.2, 0.25) is 0 Å². The molecule has 0 radical (unpaired) electrons. The number of benzene rings is 1. The van der Waals surface area contributed by atoms with Crippen LogP contribution in [0.25, 0.3) is 22.2 Å². The Morgan fingerprint density at radius 3 is 2.47 bits per heavy atom. The van der Waals surface area contributed by atoms with E-state index in [1.54, 1.807) is 18.2 Å². The monoisotopic (exact) mass is 461 g/mol. The fourth-order valence-corrected chi connectivity index (χ4v) is 4.17. The van der Waals surface area contributed by atoms with Crippen LogP contribution in [0.4, 0.5) is 26.2 Å². The summed E-state index contributed by atoms with van der Waals surface area (Å²) in [6.45, 7) is 8.39. The average molecular weight is 462 g/mol. The number of hydrogen-bond acceptors (Lipinski definition) is 7. The molecule has 0 unspecified atom stereocenters. The van der Waals surface area contributed by atoms with Crippen molar-refractivity contribution in [3.63, 3.8) is 0 Å². The van der Waals surface area contributed by atoms with Gasteiger partial charge in [0.15, 0.2) is 5.82 Å². The highest BCUT2D eigenvalue weighted by Crippen LogP contribution is 2.27. The lowest BCUT2D eigenvalue weighted by Crippen LogP contribution is -2.48. The zero-order valence-corrected chi connectivity index (χ0v) is 19.0. The maximum atomic E-state index is 14.5. The summed E-state index contributed by atoms with van der Waals surface area (Å²) in [6, 6.07) is 10.7. The summed E-state index contributed by atoms with van der Waals surface area (Å²) >= 11 is 0. The van der Waals surface area contributed by atoms with Gasteiger partial charge >= 0.3 is 0 Å². The van der Waals surface area contributed by atoms with Crippen molar-refractivity contribution in [3.05, 3.63) is 66.6 Å². The van der Waals surface area contributed by atoms with Crippen LogP contribution in [-0.2, 0) is 0 Å². The first-order valence-electron chi connectivity index (χ1n) is 11.3. The molecule has 4 aromatic rings. The number of nitrogens with one attached hydrogen (secondary N) is 1. The molecule has 1 aliphatic rings. The maximum absolute atomic E-state index is 14.5. The van der Waals surface area contributed by atoms with Crippen molar-refractivity contribution in [2.45, 2.75) is 19.9 Å². The second kappa shape index (κ2) is 9.26. The van der Waals surface area contributed by atoms with Crippen molar-refractivity contribution < 1.29 is 8.78 Å². The summed E-state index contributed by atoms with van der Waals surface area (Å²) in [4.78, 5) is 21.6. The van der Waals surface area contributed by atoms with Crippen LogP contribution in [0.5, 0.6) is 0 Å². The quantitative estimate of drug-likeness (QED) is 0.464. The zero-order chi connectivity index (χ0) is 23.7. The Morgan fingerprint density at radius 2 is 1.74 bits per heavy atom. The van der Waals surface area contributed by atoms with Gasteiger partial charge in [-0.3, -0.25) is 9.88 Å². The third-order valence-corrected chi connectivity index (χ3v) is 6.07. The first-order valence-corrected chi connectivity index (χ1v) is 11.3. The van der Waals surface area contributed by atoms with Gasteiger partial charge in [-0.15, -0.1) is 0 Å². The summed E-state index contributed by atoms with van der Waals surface area (Å²) in [5.74, 6) is -0.464. The molecule has 34 heavy (non-hydrogen) atoms. The van der Waals surface area contributed by atoms with Crippen molar-refractivity contribution in [3.8, 4) is 11.3 Å². The normalized spacial score (nSPS) is 14.7. The van der Waals surface area contributed by atoms with E-state index in [1.165, 1.54) is 12.3 Å². The summed E-state index contributed by atoms with van der Waals surface area (Å²) < 4.78 is 29.0. The highest BCUT2D eigenvalue weighted by molar-refractivity contribution is 5.84. The summed E-state index contributed by atoms with van der Waals surface area (Å²) in [6.07, 6.45) is 4.39. The number of pyridine rings is 2. The molecule has 1 fully saturated rings. The fourth-order valence-electron chi connectivity index (χ4n) is 4.17. The number of nitrogens with zero attached hydrogens (tertiary/aromatic N) is 6. The molecule has 4 heterocycles. The van der Waals surface area contributed by atoms with Gasteiger partial charge in [-0.25, -0.2) is 23.7 Å². The molecular formula is C25H25F2N7. The van der Waals surface area contributed by atoms with Crippen LogP contribution >= 0.6 is 0 Å². The Balaban J connectivity index is 1.34. The van der Waals surface area contributed by atoms with Crippen LogP contribution in [0, 0.1) is 11.6 Å². The molecule has 0 saturated carbocycles. The van der Waals surface area contributed by atoms with Crippen LogP contribution in [0.1, 0.15) is 13.8 Å². The van der Waals surface area contributed by atoms with E-state index in [1.807, 2.05) is 18.3 Å². The van der Waals surface area contributed by atoms with Gasteiger partial charge in [0.25, 0.3) is 0 Å². The first kappa shape index (κ1) is 22.1. The Morgan fingerprint density at radius 1 is 0.912 bits per heavy atom. The molecule has 9 heteroatoms. The van der Waals surface area contributed by atoms with Crippen molar-refractivity contribution >= 4 is 28.4 Å². The Labute approximate surface area is 196 Å². The minimum absolute atomic E-state index is 0.00166. The lowest BCUT2D eigenvalue weighted by molar-refractivity contribution is 0.209. The molecule has 1 saturated heterocycles. The number of piperazine rings is 1. The Bertz CT molecular complexity index is 1300. The molecular weight excluding hydrogens is 436 g/mol. The second-order valence-corrected chi connectivity index (χ2v) is 8.57. The molecule has 7 nitrogen and oxygen atoms in total. The molecule has 0 spiro atoms. The molecule has 0 bridgehead atoms. The molecule has 3 aromatic heterocycles. The predicted octanol–water partition coefficient (Wildman–Crippen LogP) is 4.64. The van der Waals surface area contributed by atoms with Crippen LogP contribution in [-0.4, -0.2) is 57.1 Å². The molecule has 1 aromatic carbocycles. The van der Waals surface area contributed by atoms with Crippen LogP contribution < -0.4 is 10.2 Å². The number of anilines is 3. The minimum atomic E-state index is -0.642. The lowest BCUT2D eigenvalue weighted by atomic mass is 10.1. The summed E-state index contributed by atoms with van der Waals surface area (Å²) in [5, 5.41) is 3.58. The predicted molar refractivity (Wildman–Crippen MR) is 129 cm³/mol. The van der Waals surface area contributed by atoms with Gasteiger partial charge in [-0.2, -0.15) is 0 Å². The lowest BCUT2D eigenvalue weighted by Gasteiger charge is -2.38. The van der Waals surface area contributed by atoms with Crippen molar-refractivity contribution in [1.82, 2.24) is 24.8 Å². The molecule has 5 rings (SSSR count).